The van der Waals surface area contributed by atoms with E-state index in [9.17, 15) is 4.79 Å². The highest BCUT2D eigenvalue weighted by Gasteiger charge is 2.29. The number of likely N-dealkylation sites (tertiary alicyclic amines) is 1. The van der Waals surface area contributed by atoms with E-state index in [0.29, 0.717) is 25.7 Å². The highest BCUT2D eigenvalue weighted by Crippen LogP contribution is 2.31. The van der Waals surface area contributed by atoms with Crippen molar-refractivity contribution in [2.75, 3.05) is 32.9 Å². The molecule has 98 valence electrons. The van der Waals surface area contributed by atoms with Gasteiger partial charge in [-0.15, -0.1) is 0 Å². The fraction of sp³-hybridized carbons (Fsp3) is 0.538. The molecule has 5 nitrogen and oxygen atoms in total. The summed E-state index contributed by atoms with van der Waals surface area (Å²) >= 11 is 0. The molecule has 0 aliphatic carbocycles. The van der Waals surface area contributed by atoms with Crippen molar-refractivity contribution in [2.24, 2.45) is 0 Å². The molecule has 1 aromatic heterocycles. The van der Waals surface area contributed by atoms with Crippen LogP contribution in [0, 0.1) is 0 Å². The highest BCUT2D eigenvalue weighted by atomic mass is 16.5. The van der Waals surface area contributed by atoms with Crippen LogP contribution in [0.3, 0.4) is 0 Å². The molecule has 0 N–H and O–H groups in total. The van der Waals surface area contributed by atoms with Crippen LogP contribution in [0.1, 0.15) is 18.4 Å². The number of amides is 1. The van der Waals surface area contributed by atoms with E-state index in [1.165, 1.54) is 0 Å². The summed E-state index contributed by atoms with van der Waals surface area (Å²) in [5, 5.41) is 0. The van der Waals surface area contributed by atoms with Gasteiger partial charge in [0.15, 0.2) is 0 Å². The zero-order chi connectivity index (χ0) is 12.8. The molecule has 1 aliphatic rings. The average Bonchev–Trinajstić information content (AvgIpc) is 2.35. The molecule has 0 radical (unpaired) electrons. The lowest BCUT2D eigenvalue weighted by molar-refractivity contribution is -0.122. The number of rotatable bonds is 7. The third-order valence-corrected chi connectivity index (χ3v) is 3.00. The smallest absolute Gasteiger partial charge is 0.209 e. The van der Waals surface area contributed by atoms with Crippen molar-refractivity contribution < 1.29 is 14.3 Å². The van der Waals surface area contributed by atoms with Gasteiger partial charge in [0, 0.05) is 43.6 Å². The van der Waals surface area contributed by atoms with Crippen LogP contribution in [0.15, 0.2) is 18.5 Å². The molecule has 2 rings (SSSR count). The maximum Gasteiger partial charge on any atom is 0.209 e. The second-order valence-electron chi connectivity index (χ2n) is 4.22. The van der Waals surface area contributed by atoms with Crippen molar-refractivity contribution in [2.45, 2.75) is 12.8 Å². The molecule has 5 heteroatoms. The normalized spacial score (nSPS) is 15.3. The second kappa shape index (κ2) is 6.35. The Morgan fingerprint density at radius 2 is 2.33 bits per heavy atom. The standard InChI is InChI=1S/C13H18N2O3/c1-2-17-5-6-18-13-3-4-14-7-12(13)11-8-15(9-11)10-16/h3-4,7,10-11H,2,5-6,8-9H2,1H3. The van der Waals surface area contributed by atoms with Gasteiger partial charge in [0.25, 0.3) is 0 Å². The van der Waals surface area contributed by atoms with E-state index < -0.39 is 0 Å². The van der Waals surface area contributed by atoms with Crippen molar-refractivity contribution in [3.63, 3.8) is 0 Å². The molecule has 2 heterocycles. The third kappa shape index (κ3) is 2.98. The van der Waals surface area contributed by atoms with E-state index in [0.717, 1.165) is 30.8 Å². The average molecular weight is 250 g/mol. The summed E-state index contributed by atoms with van der Waals surface area (Å²) in [5.41, 5.74) is 1.08. The Labute approximate surface area is 107 Å². The largest absolute Gasteiger partial charge is 0.491 e. The van der Waals surface area contributed by atoms with Gasteiger partial charge in [0.05, 0.1) is 6.61 Å². The molecule has 18 heavy (non-hydrogen) atoms. The number of hydrogen-bond acceptors (Lipinski definition) is 4. The topological polar surface area (TPSA) is 51.7 Å². The predicted molar refractivity (Wildman–Crippen MR) is 66.6 cm³/mol. The van der Waals surface area contributed by atoms with Crippen molar-refractivity contribution in [3.8, 4) is 5.75 Å². The molecule has 1 aliphatic heterocycles. The number of pyridine rings is 1. The van der Waals surface area contributed by atoms with Crippen LogP contribution in [0.25, 0.3) is 0 Å². The van der Waals surface area contributed by atoms with Crippen LogP contribution in [0.2, 0.25) is 0 Å². The molecule has 0 saturated carbocycles. The van der Waals surface area contributed by atoms with Crippen molar-refractivity contribution in [1.29, 1.82) is 0 Å². The van der Waals surface area contributed by atoms with Crippen molar-refractivity contribution in [3.05, 3.63) is 24.0 Å². The summed E-state index contributed by atoms with van der Waals surface area (Å²) in [4.78, 5) is 16.4. The van der Waals surface area contributed by atoms with E-state index in [2.05, 4.69) is 4.98 Å². The minimum atomic E-state index is 0.339. The lowest BCUT2D eigenvalue weighted by Crippen LogP contribution is -2.43. The lowest BCUT2D eigenvalue weighted by atomic mass is 9.93. The highest BCUT2D eigenvalue weighted by molar-refractivity contribution is 5.51. The molecule has 1 amide bonds. The first-order valence-corrected chi connectivity index (χ1v) is 6.19. The molecule has 1 saturated heterocycles. The van der Waals surface area contributed by atoms with E-state index >= 15 is 0 Å². The summed E-state index contributed by atoms with van der Waals surface area (Å²) in [6.45, 7) is 5.27. The SMILES string of the molecule is CCOCCOc1ccncc1C1CN(C=O)C1. The third-order valence-electron chi connectivity index (χ3n) is 3.00. The number of hydrogen-bond donors (Lipinski definition) is 0. The van der Waals surface area contributed by atoms with Crippen LogP contribution >= 0.6 is 0 Å². The molecule has 0 bridgehead atoms. The zero-order valence-electron chi connectivity index (χ0n) is 10.5. The van der Waals surface area contributed by atoms with E-state index in [-0.39, 0.29) is 0 Å². The number of aromatic nitrogens is 1. The molecule has 0 atom stereocenters. The Morgan fingerprint density at radius 1 is 1.50 bits per heavy atom. The number of carbonyl (C=O) groups is 1. The maximum atomic E-state index is 10.6. The lowest BCUT2D eigenvalue weighted by Gasteiger charge is -2.37. The number of carbonyl (C=O) groups excluding carboxylic acids is 1. The Morgan fingerprint density at radius 3 is 3.06 bits per heavy atom. The van der Waals surface area contributed by atoms with Gasteiger partial charge >= 0.3 is 0 Å². The van der Waals surface area contributed by atoms with Gasteiger partial charge in [-0.25, -0.2) is 0 Å². The first-order valence-electron chi connectivity index (χ1n) is 6.19. The summed E-state index contributed by atoms with van der Waals surface area (Å²) in [6.07, 6.45) is 4.42. The Bertz CT molecular complexity index is 392. The predicted octanol–water partition coefficient (Wildman–Crippen LogP) is 1.05. The molecule has 0 spiro atoms. The van der Waals surface area contributed by atoms with Gasteiger partial charge in [-0.1, -0.05) is 0 Å². The van der Waals surface area contributed by atoms with Crippen molar-refractivity contribution >= 4 is 6.41 Å². The van der Waals surface area contributed by atoms with Gasteiger partial charge in [-0.05, 0) is 13.0 Å². The van der Waals surface area contributed by atoms with Crippen LogP contribution < -0.4 is 4.74 Å². The van der Waals surface area contributed by atoms with E-state index in [1.807, 2.05) is 19.2 Å². The minimum Gasteiger partial charge on any atom is -0.491 e. The van der Waals surface area contributed by atoms with Gasteiger partial charge in [0.2, 0.25) is 6.41 Å². The molecular formula is C13H18N2O3. The van der Waals surface area contributed by atoms with Crippen LogP contribution in [0.4, 0.5) is 0 Å². The summed E-state index contributed by atoms with van der Waals surface area (Å²) in [7, 11) is 0. The molecule has 1 aromatic rings. The van der Waals surface area contributed by atoms with Crippen molar-refractivity contribution in [1.82, 2.24) is 9.88 Å². The number of ether oxygens (including phenoxy) is 2. The Balaban J connectivity index is 1.91. The summed E-state index contributed by atoms with van der Waals surface area (Å²) in [5.74, 6) is 1.19. The van der Waals surface area contributed by atoms with Crippen LogP contribution in [-0.2, 0) is 9.53 Å². The van der Waals surface area contributed by atoms with E-state index in [1.54, 1.807) is 11.1 Å². The number of nitrogens with zero attached hydrogens (tertiary/aromatic N) is 2. The summed E-state index contributed by atoms with van der Waals surface area (Å²) < 4.78 is 10.9. The monoisotopic (exact) mass is 250 g/mol. The second-order valence-corrected chi connectivity index (χ2v) is 4.22. The van der Waals surface area contributed by atoms with Gasteiger partial charge < -0.3 is 14.4 Å². The Kier molecular flexibility index (Phi) is 4.52. The fourth-order valence-electron chi connectivity index (χ4n) is 1.98. The van der Waals surface area contributed by atoms with Gasteiger partial charge in [-0.2, -0.15) is 0 Å². The summed E-state index contributed by atoms with van der Waals surface area (Å²) in [6, 6.07) is 1.87. The van der Waals surface area contributed by atoms with E-state index in [4.69, 9.17) is 9.47 Å². The van der Waals surface area contributed by atoms with Gasteiger partial charge in [-0.3, -0.25) is 9.78 Å². The van der Waals surface area contributed by atoms with Crippen LogP contribution in [0.5, 0.6) is 5.75 Å². The Hall–Kier alpha value is -1.62. The quantitative estimate of drug-likeness (QED) is 0.536. The molecular weight excluding hydrogens is 232 g/mol. The first kappa shape index (κ1) is 12.8. The maximum absolute atomic E-state index is 10.6. The molecule has 0 aromatic carbocycles. The fourth-order valence-corrected chi connectivity index (χ4v) is 1.98. The van der Waals surface area contributed by atoms with Gasteiger partial charge in [0.1, 0.15) is 12.4 Å². The molecule has 0 unspecified atom stereocenters. The zero-order valence-corrected chi connectivity index (χ0v) is 10.5. The first-order chi connectivity index (χ1) is 8.85. The molecule has 1 fully saturated rings. The minimum absolute atomic E-state index is 0.339. The van der Waals surface area contributed by atoms with Crippen LogP contribution in [-0.4, -0.2) is 49.2 Å².